The van der Waals surface area contributed by atoms with E-state index in [0.29, 0.717) is 0 Å². The normalized spacial score (nSPS) is 14.1. The fraction of sp³-hybridized carbons (Fsp3) is 0.857. The van der Waals surface area contributed by atoms with E-state index in [4.69, 9.17) is 4.65 Å². The average Bonchev–Trinajstić information content (AvgIpc) is 2.34. The molecule has 0 aromatic rings. The molecule has 0 unspecified atom stereocenters. The summed E-state index contributed by atoms with van der Waals surface area (Å²) in [7, 11) is 2.04. The Morgan fingerprint density at radius 2 is 1.59 bits per heavy atom. The third-order valence-corrected chi connectivity index (χ3v) is 9.44. The van der Waals surface area contributed by atoms with Crippen LogP contribution in [0.3, 0.4) is 0 Å². The van der Waals surface area contributed by atoms with Crippen LogP contribution >= 0.6 is 0 Å². The van der Waals surface area contributed by atoms with Crippen molar-refractivity contribution in [1.29, 1.82) is 0 Å². The first-order valence-electron chi connectivity index (χ1n) is 7.35. The Bertz CT molecular complexity index is 236. The molecular formula is C14H32BOSn. The fourth-order valence-electron chi connectivity index (χ4n) is 3.20. The third kappa shape index (κ3) is 4.31. The van der Waals surface area contributed by atoms with E-state index in [0.717, 1.165) is 0 Å². The Morgan fingerprint density at radius 3 is 1.82 bits per heavy atom. The van der Waals surface area contributed by atoms with Crippen molar-refractivity contribution in [2.24, 2.45) is 0 Å². The van der Waals surface area contributed by atoms with Crippen LogP contribution in [0, 0.1) is 0 Å². The molecule has 1 nitrogen and oxygen atoms in total. The van der Waals surface area contributed by atoms with E-state index in [-0.39, 0.29) is 0 Å². The van der Waals surface area contributed by atoms with Gasteiger partial charge in [0.05, 0.1) is 0 Å². The van der Waals surface area contributed by atoms with E-state index in [1.54, 1.807) is 5.47 Å². The van der Waals surface area contributed by atoms with Gasteiger partial charge in [0.15, 0.2) is 0 Å². The molecule has 0 saturated heterocycles. The molecule has 0 fully saturated rings. The first-order valence-corrected chi connectivity index (χ1v) is 14.5. The average molecular weight is 346 g/mol. The zero-order chi connectivity index (χ0) is 13.5. The first kappa shape index (κ1) is 17.6. The van der Waals surface area contributed by atoms with E-state index in [2.05, 4.69) is 37.6 Å². The van der Waals surface area contributed by atoms with E-state index in [9.17, 15) is 0 Å². The molecule has 0 saturated carbocycles. The summed E-state index contributed by atoms with van der Waals surface area (Å²) >= 11 is -1.25. The van der Waals surface area contributed by atoms with Gasteiger partial charge in [-0.15, -0.1) is 0 Å². The Balaban J connectivity index is 5.56. The van der Waals surface area contributed by atoms with Gasteiger partial charge in [0.25, 0.3) is 0 Å². The molecule has 3 heteroatoms. The van der Waals surface area contributed by atoms with Gasteiger partial charge in [0, 0.05) is 0 Å². The Kier molecular flexibility index (Phi) is 8.91. The van der Waals surface area contributed by atoms with Crippen molar-refractivity contribution in [3.8, 4) is 0 Å². The Morgan fingerprint density at radius 1 is 1.06 bits per heavy atom. The number of hydrogen-bond donors (Lipinski definition) is 0. The molecule has 0 aromatic carbocycles. The molecule has 0 heterocycles. The van der Waals surface area contributed by atoms with Crippen LogP contribution in [0.2, 0.25) is 22.5 Å². The van der Waals surface area contributed by atoms with Crippen LogP contribution in [0.25, 0.3) is 0 Å². The van der Waals surface area contributed by atoms with Crippen LogP contribution in [0.1, 0.15) is 47.0 Å². The predicted octanol–water partition coefficient (Wildman–Crippen LogP) is 4.47. The first-order chi connectivity index (χ1) is 8.02. The molecule has 1 N–H and O–H groups in total. The monoisotopic (exact) mass is 347 g/mol. The number of aliphatic hydroxyl groups is 1. The molecule has 0 aliphatic carbocycles. The molecular weight excluding hydrogens is 314 g/mol. The Hall–Kier alpha value is 0.564. The fourth-order valence-corrected chi connectivity index (χ4v) is 8.45. The van der Waals surface area contributed by atoms with Crippen LogP contribution in [-0.2, 0) is 0 Å². The van der Waals surface area contributed by atoms with E-state index < -0.39 is 26.1 Å². The molecule has 0 aliphatic rings. The Labute approximate surface area is 116 Å². The van der Waals surface area contributed by atoms with Gasteiger partial charge in [-0.25, -0.2) is 0 Å². The van der Waals surface area contributed by atoms with Gasteiger partial charge in [-0.3, -0.25) is 0 Å². The minimum atomic E-state index is -1.25. The second kappa shape index (κ2) is 8.63. The van der Waals surface area contributed by atoms with E-state index in [1.807, 2.05) is 10.7 Å². The standard InChI is InChI=1S/C12H26BO.2CH3.Sn/c1-6-10-11-12(7-2)13(8-3,9-4)14-5;;;/h14H,6-10H2,1-5H3;2*1H3;. The zero-order valence-corrected chi connectivity index (χ0v) is 15.9. The van der Waals surface area contributed by atoms with Crippen LogP contribution in [-0.4, -0.2) is 37.9 Å². The maximum atomic E-state index is 4.85. The van der Waals surface area contributed by atoms with Crippen molar-refractivity contribution >= 4 is 26.1 Å². The predicted molar refractivity (Wildman–Crippen MR) is 84.6 cm³/mol. The number of hydrogen-bond acceptors (Lipinski definition) is 0. The topological polar surface area (TPSA) is 12.8 Å². The molecule has 0 bridgehead atoms. The van der Waals surface area contributed by atoms with Gasteiger partial charge >= 0.3 is 116 Å². The van der Waals surface area contributed by atoms with Crippen molar-refractivity contribution in [2.45, 2.75) is 69.5 Å². The van der Waals surface area contributed by atoms with Crippen molar-refractivity contribution < 1.29 is 4.65 Å². The van der Waals surface area contributed by atoms with Crippen LogP contribution in [0.5, 0.6) is 0 Å². The molecule has 0 aliphatic heterocycles. The molecule has 0 spiro atoms. The molecule has 0 amide bonds. The minimum absolute atomic E-state index is 0.573. The number of allylic oxidation sites excluding steroid dienone is 2. The van der Waals surface area contributed by atoms with Gasteiger partial charge in [0.2, 0.25) is 0 Å². The summed E-state index contributed by atoms with van der Waals surface area (Å²) in [5.41, 5.74) is 1.76. The summed E-state index contributed by atoms with van der Waals surface area (Å²) < 4.78 is 6.73. The summed E-state index contributed by atoms with van der Waals surface area (Å²) in [5, 5.41) is 0. The summed E-state index contributed by atoms with van der Waals surface area (Å²) in [6, 6.07) is 0. The van der Waals surface area contributed by atoms with Crippen molar-refractivity contribution in [1.82, 2.24) is 0 Å². The van der Waals surface area contributed by atoms with Crippen molar-refractivity contribution in [2.75, 3.05) is 7.11 Å². The van der Waals surface area contributed by atoms with Crippen LogP contribution in [0.4, 0.5) is 0 Å². The maximum absolute atomic E-state index is 4.85. The summed E-state index contributed by atoms with van der Waals surface area (Å²) in [6.07, 6.45) is 5.73. The third-order valence-electron chi connectivity index (χ3n) is 4.37. The van der Waals surface area contributed by atoms with Gasteiger partial charge in [-0.1, -0.05) is 0 Å². The molecule has 0 aromatic heterocycles. The molecule has 0 rings (SSSR count). The SMILES string of the molecule is CCC/[C](=C(\CC)[B-](CC)(CC)[OH+]C)[Sn]([CH3])[CH3]. The summed E-state index contributed by atoms with van der Waals surface area (Å²) in [6.45, 7) is 9.30. The summed E-state index contributed by atoms with van der Waals surface area (Å²) in [5.74, 6) is 0. The van der Waals surface area contributed by atoms with Gasteiger partial charge in [0.1, 0.15) is 0 Å². The summed E-state index contributed by atoms with van der Waals surface area (Å²) in [4.78, 5) is 5.06. The van der Waals surface area contributed by atoms with E-state index in [1.165, 1.54) is 31.9 Å². The van der Waals surface area contributed by atoms with Gasteiger partial charge in [-0.05, 0) is 0 Å². The van der Waals surface area contributed by atoms with Crippen molar-refractivity contribution in [3.05, 3.63) is 9.06 Å². The van der Waals surface area contributed by atoms with E-state index >= 15 is 0 Å². The second-order valence-corrected chi connectivity index (χ2v) is 12.8. The molecule has 17 heavy (non-hydrogen) atoms. The number of rotatable bonds is 8. The zero-order valence-electron chi connectivity index (χ0n) is 13.1. The van der Waals surface area contributed by atoms with Gasteiger partial charge in [-0.2, -0.15) is 0 Å². The van der Waals surface area contributed by atoms with Gasteiger partial charge < -0.3 is 0 Å². The van der Waals surface area contributed by atoms with Crippen LogP contribution < -0.4 is 0 Å². The molecule has 101 valence electrons. The quantitative estimate of drug-likeness (QED) is 0.455. The second-order valence-electron chi connectivity index (χ2n) is 5.37. The molecule has 1 radical (unpaired) electrons. The molecule has 0 atom stereocenters. The van der Waals surface area contributed by atoms with Crippen molar-refractivity contribution in [3.63, 3.8) is 0 Å². The van der Waals surface area contributed by atoms with Crippen LogP contribution in [0.15, 0.2) is 9.06 Å².